The molecule has 0 atom stereocenters. The molecule has 0 saturated carbocycles. The van der Waals surface area contributed by atoms with Gasteiger partial charge in [0.2, 0.25) is 0 Å². The highest BCUT2D eigenvalue weighted by Gasteiger charge is 2.14. The van der Waals surface area contributed by atoms with Crippen LogP contribution in [0.5, 0.6) is 0 Å². The van der Waals surface area contributed by atoms with E-state index in [4.69, 9.17) is 0 Å². The first-order valence-electron chi connectivity index (χ1n) is 6.74. The molecule has 0 aliphatic rings. The molecule has 21 heavy (non-hydrogen) atoms. The molecule has 3 aromatic heterocycles. The largest absolute Gasteiger partial charge is 0.345 e. The summed E-state index contributed by atoms with van der Waals surface area (Å²) in [6.45, 7) is 4.32. The van der Waals surface area contributed by atoms with Crippen molar-refractivity contribution in [2.24, 2.45) is 0 Å². The van der Waals surface area contributed by atoms with Crippen LogP contribution >= 0.6 is 0 Å². The summed E-state index contributed by atoms with van der Waals surface area (Å²) in [7, 11) is 1.77. The first-order chi connectivity index (χ1) is 10.0. The Labute approximate surface area is 122 Å². The highest BCUT2D eigenvalue weighted by Crippen LogP contribution is 2.10. The zero-order valence-corrected chi connectivity index (χ0v) is 12.3. The molecule has 6 heteroatoms. The van der Waals surface area contributed by atoms with E-state index in [1.54, 1.807) is 24.2 Å². The monoisotopic (exact) mass is 283 g/mol. The molecule has 0 aliphatic heterocycles. The fourth-order valence-corrected chi connectivity index (χ4v) is 2.31. The van der Waals surface area contributed by atoms with Crippen molar-refractivity contribution in [3.63, 3.8) is 0 Å². The van der Waals surface area contributed by atoms with Crippen LogP contribution in [0.2, 0.25) is 0 Å². The maximum absolute atomic E-state index is 12.5. The molecule has 0 saturated heterocycles. The summed E-state index contributed by atoms with van der Waals surface area (Å²) >= 11 is 0. The van der Waals surface area contributed by atoms with Gasteiger partial charge in [-0.1, -0.05) is 0 Å². The average Bonchev–Trinajstić information content (AvgIpc) is 3.01. The molecule has 1 N–H and O–H groups in total. The molecule has 1 amide bonds. The Bertz CT molecular complexity index is 801. The summed E-state index contributed by atoms with van der Waals surface area (Å²) in [4.78, 5) is 25.8. The van der Waals surface area contributed by atoms with Gasteiger partial charge in [0.1, 0.15) is 11.5 Å². The van der Waals surface area contributed by atoms with E-state index in [0.29, 0.717) is 12.1 Å². The molecule has 0 aliphatic carbocycles. The van der Waals surface area contributed by atoms with Crippen LogP contribution in [0.1, 0.15) is 27.6 Å². The zero-order valence-electron chi connectivity index (χ0n) is 12.3. The van der Waals surface area contributed by atoms with Crippen LogP contribution in [-0.4, -0.2) is 37.2 Å². The van der Waals surface area contributed by atoms with E-state index in [1.807, 2.05) is 36.7 Å². The van der Waals surface area contributed by atoms with Gasteiger partial charge in [-0.25, -0.2) is 9.97 Å². The van der Waals surface area contributed by atoms with Crippen LogP contribution in [0.25, 0.3) is 5.65 Å². The van der Waals surface area contributed by atoms with Crippen LogP contribution in [0, 0.1) is 13.8 Å². The molecule has 0 unspecified atom stereocenters. The standard InChI is InChI=1S/C15H17N5O/c1-10-6-16-13(17-10)9-19(3)15(21)12-4-5-14-18-11(2)7-20(14)8-12/h4-8H,9H2,1-3H3,(H,16,17). The Morgan fingerprint density at radius 3 is 2.86 bits per heavy atom. The number of fused-ring (bicyclic) bond motifs is 1. The van der Waals surface area contributed by atoms with Crippen molar-refractivity contribution in [2.75, 3.05) is 7.05 Å². The molecule has 6 nitrogen and oxygen atoms in total. The van der Waals surface area contributed by atoms with Gasteiger partial charge < -0.3 is 14.3 Å². The first-order valence-corrected chi connectivity index (χ1v) is 6.74. The Hall–Kier alpha value is -2.63. The molecular weight excluding hydrogens is 266 g/mol. The van der Waals surface area contributed by atoms with Gasteiger partial charge in [0.05, 0.1) is 17.8 Å². The molecular formula is C15H17N5O. The average molecular weight is 283 g/mol. The minimum atomic E-state index is -0.0442. The second-order valence-corrected chi connectivity index (χ2v) is 5.24. The SMILES string of the molecule is Cc1cn2cc(C(=O)N(C)Cc3ncc(C)[nH]3)ccc2n1. The number of imidazole rings is 2. The fraction of sp³-hybridized carbons (Fsp3) is 0.267. The third-order valence-corrected chi connectivity index (χ3v) is 3.31. The molecule has 108 valence electrons. The van der Waals surface area contributed by atoms with Gasteiger partial charge >= 0.3 is 0 Å². The van der Waals surface area contributed by atoms with Crippen LogP contribution < -0.4 is 0 Å². The molecule has 0 fully saturated rings. The van der Waals surface area contributed by atoms with Crippen molar-refractivity contribution in [2.45, 2.75) is 20.4 Å². The van der Waals surface area contributed by atoms with Crippen LogP contribution in [0.4, 0.5) is 0 Å². The maximum Gasteiger partial charge on any atom is 0.255 e. The van der Waals surface area contributed by atoms with Crippen molar-refractivity contribution >= 4 is 11.6 Å². The first kappa shape index (κ1) is 13.4. The number of aromatic nitrogens is 4. The number of hydrogen-bond donors (Lipinski definition) is 1. The summed E-state index contributed by atoms with van der Waals surface area (Å²) < 4.78 is 1.87. The molecule has 0 bridgehead atoms. The minimum absolute atomic E-state index is 0.0442. The lowest BCUT2D eigenvalue weighted by atomic mass is 10.2. The highest BCUT2D eigenvalue weighted by molar-refractivity contribution is 5.94. The number of aryl methyl sites for hydroxylation is 2. The van der Waals surface area contributed by atoms with Gasteiger partial charge in [-0.05, 0) is 26.0 Å². The molecule has 3 aromatic rings. The number of nitrogens with zero attached hydrogens (tertiary/aromatic N) is 4. The van der Waals surface area contributed by atoms with Crippen molar-refractivity contribution in [3.05, 3.63) is 53.5 Å². The van der Waals surface area contributed by atoms with Crippen molar-refractivity contribution < 1.29 is 4.79 Å². The quantitative estimate of drug-likeness (QED) is 0.799. The Morgan fingerprint density at radius 2 is 2.14 bits per heavy atom. The second-order valence-electron chi connectivity index (χ2n) is 5.24. The van der Waals surface area contributed by atoms with Crippen molar-refractivity contribution in [1.29, 1.82) is 0 Å². The van der Waals surface area contributed by atoms with Gasteiger partial charge in [-0.2, -0.15) is 0 Å². The number of H-pyrrole nitrogens is 1. The number of amides is 1. The predicted octanol–water partition coefficient (Wildman–Crippen LogP) is 1.95. The van der Waals surface area contributed by atoms with Crippen LogP contribution in [0.3, 0.4) is 0 Å². The number of rotatable bonds is 3. The van der Waals surface area contributed by atoms with E-state index in [2.05, 4.69) is 15.0 Å². The number of carbonyl (C=O) groups excluding carboxylic acids is 1. The van der Waals surface area contributed by atoms with Gasteiger partial charge in [-0.15, -0.1) is 0 Å². The highest BCUT2D eigenvalue weighted by atomic mass is 16.2. The number of carbonyl (C=O) groups is 1. The van der Waals surface area contributed by atoms with Gasteiger partial charge in [0.25, 0.3) is 5.91 Å². The van der Waals surface area contributed by atoms with E-state index in [-0.39, 0.29) is 5.91 Å². The second kappa shape index (κ2) is 5.05. The number of aromatic amines is 1. The molecule has 0 spiro atoms. The zero-order chi connectivity index (χ0) is 15.0. The van der Waals surface area contributed by atoms with E-state index >= 15 is 0 Å². The van der Waals surface area contributed by atoms with Gasteiger partial charge in [0, 0.05) is 31.3 Å². The van der Waals surface area contributed by atoms with Crippen LogP contribution in [0.15, 0.2) is 30.7 Å². The summed E-state index contributed by atoms with van der Waals surface area (Å²) in [6, 6.07) is 3.65. The van der Waals surface area contributed by atoms with Gasteiger partial charge in [0.15, 0.2) is 0 Å². The lowest BCUT2D eigenvalue weighted by Gasteiger charge is -2.15. The molecule has 0 aromatic carbocycles. The predicted molar refractivity (Wildman–Crippen MR) is 79.1 cm³/mol. The number of pyridine rings is 1. The minimum Gasteiger partial charge on any atom is -0.345 e. The van der Waals surface area contributed by atoms with E-state index in [9.17, 15) is 4.79 Å². The Balaban J connectivity index is 1.81. The normalized spacial score (nSPS) is 11.0. The topological polar surface area (TPSA) is 66.3 Å². The van der Waals surface area contributed by atoms with Crippen LogP contribution in [-0.2, 0) is 6.54 Å². The summed E-state index contributed by atoms with van der Waals surface area (Å²) in [6.07, 6.45) is 5.47. The van der Waals surface area contributed by atoms with Crippen molar-refractivity contribution in [3.8, 4) is 0 Å². The van der Waals surface area contributed by atoms with E-state index < -0.39 is 0 Å². The lowest BCUT2D eigenvalue weighted by Crippen LogP contribution is -2.26. The summed E-state index contributed by atoms with van der Waals surface area (Å²) in [5, 5.41) is 0. The molecule has 3 rings (SSSR count). The van der Waals surface area contributed by atoms with Crippen molar-refractivity contribution in [1.82, 2.24) is 24.3 Å². The number of nitrogens with one attached hydrogen (secondary N) is 1. The van der Waals surface area contributed by atoms with E-state index in [1.165, 1.54) is 0 Å². The van der Waals surface area contributed by atoms with E-state index in [0.717, 1.165) is 22.9 Å². The number of hydrogen-bond acceptors (Lipinski definition) is 3. The fourth-order valence-electron chi connectivity index (χ4n) is 2.31. The smallest absolute Gasteiger partial charge is 0.255 e. The summed E-state index contributed by atoms with van der Waals surface area (Å²) in [5.41, 5.74) is 3.39. The third-order valence-electron chi connectivity index (χ3n) is 3.31. The molecule has 3 heterocycles. The third kappa shape index (κ3) is 2.65. The Kier molecular flexibility index (Phi) is 3.21. The Morgan fingerprint density at radius 1 is 1.33 bits per heavy atom. The van der Waals surface area contributed by atoms with Gasteiger partial charge in [-0.3, -0.25) is 4.79 Å². The maximum atomic E-state index is 12.5. The lowest BCUT2D eigenvalue weighted by molar-refractivity contribution is 0.0781. The molecule has 0 radical (unpaired) electrons. The summed E-state index contributed by atoms with van der Waals surface area (Å²) in [5.74, 6) is 0.736.